The van der Waals surface area contributed by atoms with Crippen molar-refractivity contribution in [2.24, 2.45) is 0 Å². The van der Waals surface area contributed by atoms with Crippen LogP contribution in [0, 0.1) is 6.92 Å². The summed E-state index contributed by atoms with van der Waals surface area (Å²) in [6.07, 6.45) is 4.43. The topological polar surface area (TPSA) is 0 Å². The summed E-state index contributed by atoms with van der Waals surface area (Å²) in [5, 5.41) is 5.20. The first-order valence-electron chi connectivity index (χ1n) is 15.0. The fourth-order valence-corrected chi connectivity index (χ4v) is 6.95. The second-order valence-electron chi connectivity index (χ2n) is 12.2. The number of hydrogen-bond donors (Lipinski definition) is 0. The van der Waals surface area contributed by atoms with Crippen LogP contribution in [0.2, 0.25) is 0 Å². The minimum Gasteiger partial charge on any atom is -0.0870 e. The SMILES string of the molecule is C/C=C\C1=C(C)C(C)(C)c2cc(-c3c4ccccc4c(-c4ccc(-c5ccccc5)cc4)c4ccc(C)cc34)ccc21. The second-order valence-corrected chi connectivity index (χ2v) is 12.2. The lowest BCUT2D eigenvalue weighted by molar-refractivity contribution is 0.639. The molecule has 0 unspecified atom stereocenters. The minimum atomic E-state index is -0.0118. The molecule has 0 atom stereocenters. The standard InChI is InChI=1S/C42H36/c1-6-12-33-28(3)42(4,5)39-26-32(22-24-34(33)39)41-36-16-11-10-15-35(36)40(37-23-17-27(2)25-38(37)41)31-20-18-30(19-21-31)29-13-8-7-9-14-29/h6-26H,1-5H3/b12-6-. The molecule has 0 radical (unpaired) electrons. The highest BCUT2D eigenvalue weighted by Crippen LogP contribution is 2.50. The fraction of sp³-hybridized carbons (Fsp3) is 0.143. The zero-order valence-corrected chi connectivity index (χ0v) is 25.1. The van der Waals surface area contributed by atoms with Crippen molar-refractivity contribution in [2.75, 3.05) is 0 Å². The summed E-state index contributed by atoms with van der Waals surface area (Å²) in [4.78, 5) is 0. The van der Waals surface area contributed by atoms with E-state index in [9.17, 15) is 0 Å². The molecule has 0 spiro atoms. The molecule has 6 aromatic rings. The van der Waals surface area contributed by atoms with Crippen molar-refractivity contribution in [3.63, 3.8) is 0 Å². The first-order valence-corrected chi connectivity index (χ1v) is 15.0. The molecule has 0 heteroatoms. The van der Waals surface area contributed by atoms with Gasteiger partial charge in [0.05, 0.1) is 0 Å². The molecule has 6 aromatic carbocycles. The molecule has 0 amide bonds. The first-order chi connectivity index (χ1) is 20.4. The zero-order chi connectivity index (χ0) is 29.0. The van der Waals surface area contributed by atoms with Gasteiger partial charge in [0.1, 0.15) is 0 Å². The molecule has 0 nitrogen and oxygen atoms in total. The van der Waals surface area contributed by atoms with Crippen LogP contribution in [-0.4, -0.2) is 0 Å². The molecule has 204 valence electrons. The van der Waals surface area contributed by atoms with E-state index in [0.29, 0.717) is 0 Å². The molecular weight excluding hydrogens is 504 g/mol. The normalized spacial score (nSPS) is 14.3. The van der Waals surface area contributed by atoms with Crippen molar-refractivity contribution in [2.45, 2.75) is 40.0 Å². The van der Waals surface area contributed by atoms with E-state index in [1.165, 1.54) is 82.8 Å². The number of aryl methyl sites for hydroxylation is 1. The molecule has 42 heavy (non-hydrogen) atoms. The van der Waals surface area contributed by atoms with Gasteiger partial charge in [0.15, 0.2) is 0 Å². The predicted octanol–water partition coefficient (Wildman–Crippen LogP) is 11.9. The Morgan fingerprint density at radius 2 is 1.10 bits per heavy atom. The average molecular weight is 541 g/mol. The van der Waals surface area contributed by atoms with Crippen LogP contribution in [0.4, 0.5) is 0 Å². The van der Waals surface area contributed by atoms with Crippen LogP contribution in [0.5, 0.6) is 0 Å². The van der Waals surface area contributed by atoms with E-state index in [2.05, 4.69) is 162 Å². The van der Waals surface area contributed by atoms with Crippen molar-refractivity contribution >= 4 is 27.1 Å². The van der Waals surface area contributed by atoms with Crippen molar-refractivity contribution in [1.82, 2.24) is 0 Å². The number of hydrogen-bond acceptors (Lipinski definition) is 0. The van der Waals surface area contributed by atoms with Crippen LogP contribution in [0.25, 0.3) is 60.5 Å². The number of allylic oxidation sites excluding steroid dienone is 4. The number of rotatable bonds is 4. The van der Waals surface area contributed by atoms with Crippen LogP contribution < -0.4 is 0 Å². The van der Waals surface area contributed by atoms with Gasteiger partial charge in [-0.15, -0.1) is 0 Å². The van der Waals surface area contributed by atoms with Crippen LogP contribution in [0.15, 0.2) is 133 Å². The highest BCUT2D eigenvalue weighted by molar-refractivity contribution is 6.21. The van der Waals surface area contributed by atoms with Crippen molar-refractivity contribution in [1.29, 1.82) is 0 Å². The highest BCUT2D eigenvalue weighted by Gasteiger charge is 2.34. The van der Waals surface area contributed by atoms with Crippen LogP contribution in [0.1, 0.15) is 44.4 Å². The molecule has 0 heterocycles. The van der Waals surface area contributed by atoms with Crippen LogP contribution in [-0.2, 0) is 5.41 Å². The van der Waals surface area contributed by atoms with E-state index in [4.69, 9.17) is 0 Å². The average Bonchev–Trinajstić information content (AvgIpc) is 3.20. The summed E-state index contributed by atoms with van der Waals surface area (Å²) in [5.41, 5.74) is 14.5. The molecule has 0 N–H and O–H groups in total. The number of fused-ring (bicyclic) bond motifs is 3. The quantitative estimate of drug-likeness (QED) is 0.195. The van der Waals surface area contributed by atoms with E-state index >= 15 is 0 Å². The minimum absolute atomic E-state index is 0.0118. The Hall–Kier alpha value is -4.68. The lowest BCUT2D eigenvalue weighted by atomic mass is 9.80. The van der Waals surface area contributed by atoms with Gasteiger partial charge in [0.25, 0.3) is 0 Å². The third-order valence-corrected chi connectivity index (χ3v) is 9.41. The summed E-state index contributed by atoms with van der Waals surface area (Å²) in [7, 11) is 0. The van der Waals surface area contributed by atoms with Crippen molar-refractivity contribution in [3.8, 4) is 33.4 Å². The summed E-state index contributed by atoms with van der Waals surface area (Å²) in [6.45, 7) is 11.3. The smallest absolute Gasteiger partial charge is 0.0118 e. The van der Waals surface area contributed by atoms with E-state index in [1.807, 2.05) is 0 Å². The Labute approximate surface area is 249 Å². The van der Waals surface area contributed by atoms with E-state index < -0.39 is 0 Å². The van der Waals surface area contributed by atoms with Gasteiger partial charge in [-0.2, -0.15) is 0 Å². The Bertz CT molecular complexity index is 2050. The summed E-state index contributed by atoms with van der Waals surface area (Å²) in [5.74, 6) is 0. The van der Waals surface area contributed by atoms with E-state index in [-0.39, 0.29) is 5.41 Å². The third kappa shape index (κ3) is 4.05. The number of benzene rings is 6. The molecule has 0 aromatic heterocycles. The van der Waals surface area contributed by atoms with Gasteiger partial charge in [0.2, 0.25) is 0 Å². The molecule has 0 saturated carbocycles. The monoisotopic (exact) mass is 540 g/mol. The van der Waals surface area contributed by atoms with Gasteiger partial charge in [0, 0.05) is 5.41 Å². The fourth-order valence-electron chi connectivity index (χ4n) is 6.95. The Morgan fingerprint density at radius 1 is 0.524 bits per heavy atom. The highest BCUT2D eigenvalue weighted by atomic mass is 14.4. The van der Waals surface area contributed by atoms with Crippen LogP contribution >= 0.6 is 0 Å². The van der Waals surface area contributed by atoms with Gasteiger partial charge in [-0.3, -0.25) is 0 Å². The van der Waals surface area contributed by atoms with Crippen LogP contribution in [0.3, 0.4) is 0 Å². The molecule has 0 aliphatic heterocycles. The van der Waals surface area contributed by atoms with Gasteiger partial charge < -0.3 is 0 Å². The second kappa shape index (κ2) is 10.00. The summed E-state index contributed by atoms with van der Waals surface area (Å²) in [6, 6.07) is 42.8. The molecule has 1 aliphatic rings. The lowest BCUT2D eigenvalue weighted by Gasteiger charge is -2.24. The zero-order valence-electron chi connectivity index (χ0n) is 25.1. The maximum absolute atomic E-state index is 2.47. The Kier molecular flexibility index (Phi) is 6.24. The van der Waals surface area contributed by atoms with Gasteiger partial charge >= 0.3 is 0 Å². The first kappa shape index (κ1) is 26.2. The van der Waals surface area contributed by atoms with Gasteiger partial charge in [-0.25, -0.2) is 0 Å². The molecule has 0 fully saturated rings. The maximum Gasteiger partial charge on any atom is 0.0118 e. The molecule has 1 aliphatic carbocycles. The molecule has 0 saturated heterocycles. The summed E-state index contributed by atoms with van der Waals surface area (Å²) < 4.78 is 0. The predicted molar refractivity (Wildman–Crippen MR) is 183 cm³/mol. The molecular formula is C42H36. The largest absolute Gasteiger partial charge is 0.0870 e. The van der Waals surface area contributed by atoms with E-state index in [0.717, 1.165) is 0 Å². The van der Waals surface area contributed by atoms with Gasteiger partial charge in [-0.05, 0) is 98.5 Å². The third-order valence-electron chi connectivity index (χ3n) is 9.41. The lowest BCUT2D eigenvalue weighted by Crippen LogP contribution is -2.15. The molecule has 0 bridgehead atoms. The summed E-state index contributed by atoms with van der Waals surface area (Å²) >= 11 is 0. The van der Waals surface area contributed by atoms with E-state index in [1.54, 1.807) is 0 Å². The maximum atomic E-state index is 2.47. The molecule has 7 rings (SSSR count). The Morgan fingerprint density at radius 3 is 1.79 bits per heavy atom. The van der Waals surface area contributed by atoms with Crippen molar-refractivity contribution in [3.05, 3.63) is 150 Å². The van der Waals surface area contributed by atoms with Crippen molar-refractivity contribution < 1.29 is 0 Å². The van der Waals surface area contributed by atoms with Gasteiger partial charge in [-0.1, -0.05) is 146 Å². The Balaban J connectivity index is 1.49.